The van der Waals surface area contributed by atoms with Gasteiger partial charge in [-0.15, -0.1) is 0 Å². The molecule has 1 aliphatic rings. The number of rotatable bonds is 5. The number of nitrogens with zero attached hydrogens (tertiary/aromatic N) is 3. The Morgan fingerprint density at radius 1 is 0.300 bits per heavy atom. The van der Waals surface area contributed by atoms with Gasteiger partial charge in [-0.2, -0.15) is 0 Å². The van der Waals surface area contributed by atoms with Crippen molar-refractivity contribution in [3.05, 3.63) is 176 Å². The summed E-state index contributed by atoms with van der Waals surface area (Å²) in [6, 6.07) is 58.1. The van der Waals surface area contributed by atoms with Crippen molar-refractivity contribution in [2.45, 2.75) is 0 Å². The molecule has 0 unspecified atom stereocenters. The molecular weight excluding hydrogens is 607 g/mol. The van der Waals surface area contributed by atoms with E-state index in [0.29, 0.717) is 0 Å². The predicted octanol–water partition coefficient (Wildman–Crippen LogP) is 12.2. The number of benzene rings is 6. The van der Waals surface area contributed by atoms with Crippen molar-refractivity contribution < 1.29 is 0 Å². The Hall–Kier alpha value is -6.71. The molecule has 9 aromatic rings. The van der Waals surface area contributed by atoms with Gasteiger partial charge >= 0.3 is 0 Å². The SMILES string of the molecule is c1ccc(-c2c3c(c(-c4ccccc4)c4ccccc24)-c2ccc(-c4cc(-c5cccc(-c6ccccn6)n5)ccn4)c4cccc-3c24)cc1. The molecule has 0 aliphatic heterocycles. The van der Waals surface area contributed by atoms with Crippen LogP contribution in [0.15, 0.2) is 176 Å². The van der Waals surface area contributed by atoms with Crippen molar-refractivity contribution in [1.82, 2.24) is 15.0 Å². The van der Waals surface area contributed by atoms with Crippen LogP contribution in [0.3, 0.4) is 0 Å². The first-order valence-corrected chi connectivity index (χ1v) is 16.9. The van der Waals surface area contributed by atoms with E-state index in [0.717, 1.165) is 33.9 Å². The van der Waals surface area contributed by atoms with Gasteiger partial charge in [-0.05, 0) is 102 Å². The van der Waals surface area contributed by atoms with Crippen molar-refractivity contribution in [2.24, 2.45) is 0 Å². The maximum absolute atomic E-state index is 4.99. The van der Waals surface area contributed by atoms with Crippen LogP contribution in [0.1, 0.15) is 0 Å². The van der Waals surface area contributed by atoms with E-state index in [4.69, 9.17) is 9.97 Å². The molecule has 0 radical (unpaired) electrons. The van der Waals surface area contributed by atoms with Gasteiger partial charge in [0.15, 0.2) is 0 Å². The van der Waals surface area contributed by atoms with Gasteiger partial charge in [0, 0.05) is 23.5 Å². The van der Waals surface area contributed by atoms with Crippen LogP contribution in [-0.4, -0.2) is 15.0 Å². The minimum atomic E-state index is 0.848. The molecule has 232 valence electrons. The second-order valence-electron chi connectivity index (χ2n) is 12.7. The zero-order valence-electron chi connectivity index (χ0n) is 27.1. The molecule has 3 heteroatoms. The maximum atomic E-state index is 4.99. The lowest BCUT2D eigenvalue weighted by Gasteiger charge is -2.20. The highest BCUT2D eigenvalue weighted by Gasteiger charge is 2.31. The fourth-order valence-electron chi connectivity index (χ4n) is 7.82. The zero-order chi connectivity index (χ0) is 33.0. The molecule has 0 spiro atoms. The van der Waals surface area contributed by atoms with E-state index in [2.05, 4.69) is 132 Å². The molecule has 1 aliphatic carbocycles. The first-order valence-electron chi connectivity index (χ1n) is 16.9. The number of aromatic nitrogens is 3. The minimum Gasteiger partial charge on any atom is -0.256 e. The number of hydrogen-bond acceptors (Lipinski definition) is 3. The number of fused-ring (bicyclic) bond motifs is 4. The lowest BCUT2D eigenvalue weighted by Crippen LogP contribution is -1.93. The largest absolute Gasteiger partial charge is 0.256 e. The molecule has 50 heavy (non-hydrogen) atoms. The topological polar surface area (TPSA) is 38.7 Å². The van der Waals surface area contributed by atoms with E-state index in [1.807, 2.05) is 42.6 Å². The van der Waals surface area contributed by atoms with E-state index in [9.17, 15) is 0 Å². The molecule has 3 aromatic heterocycles. The fraction of sp³-hybridized carbons (Fsp3) is 0. The van der Waals surface area contributed by atoms with Crippen LogP contribution in [-0.2, 0) is 0 Å². The van der Waals surface area contributed by atoms with E-state index in [1.165, 1.54) is 66.1 Å². The fourth-order valence-corrected chi connectivity index (χ4v) is 7.82. The van der Waals surface area contributed by atoms with Gasteiger partial charge < -0.3 is 0 Å². The van der Waals surface area contributed by atoms with Gasteiger partial charge in [-0.3, -0.25) is 9.97 Å². The molecule has 6 aromatic carbocycles. The molecule has 10 rings (SSSR count). The monoisotopic (exact) mass is 635 g/mol. The minimum absolute atomic E-state index is 0.848. The second-order valence-corrected chi connectivity index (χ2v) is 12.7. The molecule has 0 fully saturated rings. The van der Waals surface area contributed by atoms with Gasteiger partial charge in [0.05, 0.1) is 22.8 Å². The molecule has 0 saturated heterocycles. The Morgan fingerprint density at radius 3 is 1.56 bits per heavy atom. The maximum Gasteiger partial charge on any atom is 0.0893 e. The first kappa shape index (κ1) is 28.3. The average Bonchev–Trinajstić information content (AvgIpc) is 3.53. The molecule has 0 bridgehead atoms. The molecule has 0 N–H and O–H groups in total. The molecule has 0 atom stereocenters. The predicted molar refractivity (Wildman–Crippen MR) is 206 cm³/mol. The van der Waals surface area contributed by atoms with Crippen LogP contribution in [0.25, 0.3) is 100.0 Å². The van der Waals surface area contributed by atoms with Crippen LogP contribution in [0.5, 0.6) is 0 Å². The third-order valence-electron chi connectivity index (χ3n) is 9.93. The summed E-state index contributed by atoms with van der Waals surface area (Å²) in [7, 11) is 0. The second kappa shape index (κ2) is 11.5. The van der Waals surface area contributed by atoms with Crippen LogP contribution in [0, 0.1) is 0 Å². The van der Waals surface area contributed by atoms with Crippen LogP contribution in [0.2, 0.25) is 0 Å². The highest BCUT2D eigenvalue weighted by atomic mass is 14.8. The van der Waals surface area contributed by atoms with Crippen LogP contribution >= 0.6 is 0 Å². The lowest BCUT2D eigenvalue weighted by molar-refractivity contribution is 1.24. The number of pyridine rings is 3. The molecule has 0 saturated carbocycles. The average molecular weight is 636 g/mol. The van der Waals surface area contributed by atoms with Crippen molar-refractivity contribution in [3.63, 3.8) is 0 Å². The van der Waals surface area contributed by atoms with Gasteiger partial charge in [-0.25, -0.2) is 4.98 Å². The molecular formula is C47H29N3. The number of hydrogen-bond donors (Lipinski definition) is 0. The van der Waals surface area contributed by atoms with Crippen molar-refractivity contribution in [3.8, 4) is 78.4 Å². The summed E-state index contributed by atoms with van der Waals surface area (Å²) < 4.78 is 0. The lowest BCUT2D eigenvalue weighted by atomic mass is 9.82. The smallest absolute Gasteiger partial charge is 0.0893 e. The quantitative estimate of drug-likeness (QED) is 0.189. The highest BCUT2D eigenvalue weighted by molar-refractivity contribution is 6.28. The van der Waals surface area contributed by atoms with E-state index in [-0.39, 0.29) is 0 Å². The molecule has 0 amide bonds. The van der Waals surface area contributed by atoms with Gasteiger partial charge in [0.1, 0.15) is 0 Å². The summed E-state index contributed by atoms with van der Waals surface area (Å²) in [6.07, 6.45) is 3.70. The Kier molecular flexibility index (Phi) is 6.49. The van der Waals surface area contributed by atoms with E-state index < -0.39 is 0 Å². The standard InChI is InChI=1S/C47H29N3/c1-3-13-30(14-4-1)43-35-17-7-8-18-36(35)44(31-15-5-2-6-16-31)47-38-25-24-33(34-19-11-20-37(45(34)38)46(43)47)42-29-32(26-28-49-42)39-22-12-23-41(50-39)40-21-9-10-27-48-40/h1-29H. The van der Waals surface area contributed by atoms with Crippen molar-refractivity contribution >= 4 is 21.5 Å². The summed E-state index contributed by atoms with van der Waals surface area (Å²) >= 11 is 0. The van der Waals surface area contributed by atoms with Gasteiger partial charge in [0.25, 0.3) is 0 Å². The highest BCUT2D eigenvalue weighted by Crippen LogP contribution is 2.58. The summed E-state index contributed by atoms with van der Waals surface area (Å²) in [5.74, 6) is 0. The molecule has 3 heterocycles. The Labute approximate surface area is 290 Å². The van der Waals surface area contributed by atoms with Crippen molar-refractivity contribution in [2.75, 3.05) is 0 Å². The Bertz CT molecular complexity index is 2640. The normalized spacial score (nSPS) is 11.6. The first-order chi connectivity index (χ1) is 24.8. The summed E-state index contributed by atoms with van der Waals surface area (Å²) in [6.45, 7) is 0. The molecule has 3 nitrogen and oxygen atoms in total. The third-order valence-corrected chi connectivity index (χ3v) is 9.93. The summed E-state index contributed by atoms with van der Waals surface area (Å²) in [5.41, 5.74) is 15.7. The third kappa shape index (κ3) is 4.41. The van der Waals surface area contributed by atoms with Gasteiger partial charge in [-0.1, -0.05) is 127 Å². The van der Waals surface area contributed by atoms with E-state index in [1.54, 1.807) is 6.20 Å². The van der Waals surface area contributed by atoms with Gasteiger partial charge in [0.2, 0.25) is 0 Å². The van der Waals surface area contributed by atoms with E-state index >= 15 is 0 Å². The Morgan fingerprint density at radius 2 is 0.860 bits per heavy atom. The van der Waals surface area contributed by atoms with Crippen LogP contribution in [0.4, 0.5) is 0 Å². The summed E-state index contributed by atoms with van der Waals surface area (Å²) in [5, 5.41) is 4.98. The summed E-state index contributed by atoms with van der Waals surface area (Å²) in [4.78, 5) is 14.4. The Balaban J connectivity index is 1.22. The zero-order valence-corrected chi connectivity index (χ0v) is 27.1. The van der Waals surface area contributed by atoms with Crippen molar-refractivity contribution in [1.29, 1.82) is 0 Å². The van der Waals surface area contributed by atoms with Crippen LogP contribution < -0.4 is 0 Å².